The van der Waals surface area contributed by atoms with Gasteiger partial charge in [0.2, 0.25) is 6.71 Å². The molecule has 3 aromatic carbocycles. The minimum absolute atomic E-state index is 0.320. The molecule has 0 fully saturated rings. The number of unbranched alkanes of at least 4 members (excludes halogenated alkanes) is 1. The van der Waals surface area contributed by atoms with Gasteiger partial charge in [0.1, 0.15) is 11.6 Å². The number of allylic oxidation sites excluding steroid dienone is 1. The Labute approximate surface area is 228 Å². The summed E-state index contributed by atoms with van der Waals surface area (Å²) in [6.07, 6.45) is 9.00. The van der Waals surface area contributed by atoms with Crippen molar-refractivity contribution >= 4 is 29.2 Å². The first-order chi connectivity index (χ1) is 18.1. The van der Waals surface area contributed by atoms with Crippen molar-refractivity contribution in [2.45, 2.75) is 52.8 Å². The van der Waals surface area contributed by atoms with Crippen molar-refractivity contribution in [1.82, 2.24) is 9.97 Å². The van der Waals surface area contributed by atoms with Crippen LogP contribution >= 0.6 is 11.6 Å². The van der Waals surface area contributed by atoms with E-state index in [1.54, 1.807) is 5.54 Å². The van der Waals surface area contributed by atoms with E-state index in [1.165, 1.54) is 22.1 Å². The molecule has 0 saturated carbocycles. The molecule has 4 rings (SSSR count). The molecule has 1 heterocycles. The highest BCUT2D eigenvalue weighted by Crippen LogP contribution is 2.13. The van der Waals surface area contributed by atoms with Crippen molar-refractivity contribution in [3.8, 4) is 5.75 Å². The average Bonchev–Trinajstić information content (AvgIpc) is 3.35. The maximum absolute atomic E-state index is 5.73. The van der Waals surface area contributed by atoms with Crippen molar-refractivity contribution in [2.75, 3.05) is 6.61 Å². The van der Waals surface area contributed by atoms with Gasteiger partial charge >= 0.3 is 0 Å². The molecule has 0 aliphatic heterocycles. The van der Waals surface area contributed by atoms with E-state index in [2.05, 4.69) is 96.6 Å². The van der Waals surface area contributed by atoms with E-state index in [0.717, 1.165) is 55.9 Å². The first kappa shape index (κ1) is 28.3. The summed E-state index contributed by atoms with van der Waals surface area (Å²) in [5, 5.41) is 0. The molecule has 1 N–H and O–H groups in total. The first-order valence-corrected chi connectivity index (χ1v) is 13.7. The minimum Gasteiger partial charge on any atom is -0.494 e. The molecule has 0 bridgehead atoms. The van der Waals surface area contributed by atoms with Gasteiger partial charge in [0, 0.05) is 18.3 Å². The Bertz CT molecular complexity index is 1200. The Morgan fingerprint density at radius 2 is 1.57 bits per heavy atom. The topological polar surface area (TPSA) is 37.9 Å². The summed E-state index contributed by atoms with van der Waals surface area (Å²) in [6, 6.07) is 27.5. The lowest BCUT2D eigenvalue weighted by Gasteiger charge is -2.14. The normalized spacial score (nSPS) is 10.7. The van der Waals surface area contributed by atoms with Gasteiger partial charge in [-0.1, -0.05) is 116 Å². The van der Waals surface area contributed by atoms with Gasteiger partial charge in [-0.15, -0.1) is 0 Å². The molecule has 0 atom stereocenters. The molecule has 0 aliphatic carbocycles. The summed E-state index contributed by atoms with van der Waals surface area (Å²) in [7, 11) is 0. The summed E-state index contributed by atoms with van der Waals surface area (Å²) in [4.78, 5) is 7.60. The Morgan fingerprint density at radius 1 is 0.892 bits per heavy atom. The van der Waals surface area contributed by atoms with E-state index in [9.17, 15) is 0 Å². The summed E-state index contributed by atoms with van der Waals surface area (Å²) in [5.74, 6) is 1.99. The summed E-state index contributed by atoms with van der Waals surface area (Å²) in [5.41, 5.74) is 8.08. The summed E-state index contributed by atoms with van der Waals surface area (Å²) in [6.45, 7) is 7.49. The molecular weight excluding hydrogens is 475 g/mol. The number of aromatic nitrogens is 2. The number of H-pyrrole nitrogens is 1. The van der Waals surface area contributed by atoms with E-state index < -0.39 is 0 Å². The third-order valence-corrected chi connectivity index (χ3v) is 6.50. The van der Waals surface area contributed by atoms with E-state index >= 15 is 0 Å². The van der Waals surface area contributed by atoms with Gasteiger partial charge in [-0.2, -0.15) is 0 Å². The van der Waals surface area contributed by atoms with Crippen LogP contribution in [-0.2, 0) is 12.8 Å². The van der Waals surface area contributed by atoms with Gasteiger partial charge in [0.05, 0.1) is 6.61 Å². The first-order valence-electron chi connectivity index (χ1n) is 13.2. The van der Waals surface area contributed by atoms with Crippen LogP contribution < -0.4 is 15.7 Å². The number of hydrogen-bond acceptors (Lipinski definition) is 2. The lowest BCUT2D eigenvalue weighted by atomic mass is 9.39. The van der Waals surface area contributed by atoms with Crippen molar-refractivity contribution in [1.29, 1.82) is 0 Å². The molecule has 0 spiro atoms. The third-order valence-electron chi connectivity index (χ3n) is 6.32. The van der Waals surface area contributed by atoms with E-state index in [1.807, 2.05) is 25.3 Å². The van der Waals surface area contributed by atoms with Crippen LogP contribution in [0.15, 0.2) is 96.7 Å². The molecule has 3 nitrogen and oxygen atoms in total. The number of aromatic amines is 1. The maximum Gasteiger partial charge on any atom is 0.213 e. The predicted octanol–water partition coefficient (Wildman–Crippen LogP) is 7.10. The number of nitrogens with one attached hydrogen (secondary N) is 1. The van der Waals surface area contributed by atoms with Gasteiger partial charge in [-0.05, 0) is 54.9 Å². The van der Waals surface area contributed by atoms with Crippen molar-refractivity contribution in [2.24, 2.45) is 0 Å². The second kappa shape index (κ2) is 15.8. The molecule has 37 heavy (non-hydrogen) atoms. The number of nitrogens with zero attached hydrogens (tertiary/aromatic N) is 1. The number of benzene rings is 3. The fourth-order valence-corrected chi connectivity index (χ4v) is 4.38. The zero-order chi connectivity index (χ0) is 26.3. The Hall–Kier alpha value is -3.24. The zero-order valence-electron chi connectivity index (χ0n) is 22.3. The van der Waals surface area contributed by atoms with E-state index in [-0.39, 0.29) is 0 Å². The Morgan fingerprint density at radius 3 is 2.19 bits per heavy atom. The van der Waals surface area contributed by atoms with Crippen LogP contribution in [0.4, 0.5) is 0 Å². The average molecular weight is 513 g/mol. The number of aryl methyl sites for hydroxylation is 2. The number of hydrogen-bond donors (Lipinski definition) is 1. The van der Waals surface area contributed by atoms with Crippen LogP contribution in [0.1, 0.15) is 49.3 Å². The lowest BCUT2D eigenvalue weighted by molar-refractivity contribution is 0.309. The van der Waals surface area contributed by atoms with Crippen molar-refractivity contribution in [3.05, 3.63) is 119 Å². The van der Waals surface area contributed by atoms with E-state index in [4.69, 9.17) is 16.3 Å². The summed E-state index contributed by atoms with van der Waals surface area (Å²) >= 11 is 5.72. The van der Waals surface area contributed by atoms with Crippen LogP contribution in [0.2, 0.25) is 6.32 Å². The predicted molar refractivity (Wildman–Crippen MR) is 160 cm³/mol. The largest absolute Gasteiger partial charge is 0.494 e. The lowest BCUT2D eigenvalue weighted by Crippen LogP contribution is -2.41. The van der Waals surface area contributed by atoms with Crippen LogP contribution in [0, 0.1) is 6.92 Å². The van der Waals surface area contributed by atoms with Crippen LogP contribution in [-0.4, -0.2) is 23.3 Å². The molecule has 192 valence electrons. The maximum atomic E-state index is 5.73. The number of imidazole rings is 1. The Kier molecular flexibility index (Phi) is 12.1. The highest BCUT2D eigenvalue weighted by atomic mass is 35.5. The molecule has 0 saturated heterocycles. The number of rotatable bonds is 11. The van der Waals surface area contributed by atoms with Gasteiger partial charge in [-0.25, -0.2) is 4.98 Å². The fraction of sp³-hybridized carbons (Fsp3) is 0.281. The fourth-order valence-electron chi connectivity index (χ4n) is 4.28. The molecule has 0 unspecified atom stereocenters. The molecular formula is C32H38BClN2O. The second-order valence-corrected chi connectivity index (χ2v) is 9.40. The quantitative estimate of drug-likeness (QED) is 0.172. The highest BCUT2D eigenvalue weighted by molar-refractivity contribution is 6.85. The van der Waals surface area contributed by atoms with Crippen molar-refractivity contribution in [3.63, 3.8) is 0 Å². The smallest absolute Gasteiger partial charge is 0.213 e. The summed E-state index contributed by atoms with van der Waals surface area (Å²) < 4.78 is 5.73. The number of ether oxygens (including phenoxy) is 1. The van der Waals surface area contributed by atoms with Crippen LogP contribution in [0.3, 0.4) is 0 Å². The molecule has 1 aromatic heterocycles. The Balaban J connectivity index is 0.000000220. The SMILES string of the molecule is CCCCOc1ccc(B(CC=CCl)c2ccccc2)cc1.CCc1ccccc1Cc1ncc(C)[nH]1. The van der Waals surface area contributed by atoms with Gasteiger partial charge in [0.25, 0.3) is 0 Å². The standard InChI is InChI=1S/C19H22BClO.C13H16N2/c1-2-3-16-22-19-12-10-18(11-13-19)20(14-7-15-21)17-8-5-4-6-9-17;1-3-11-6-4-5-7-12(11)8-13-14-9-10(2)15-13/h4-13,15H,2-3,14,16H2,1H3;4-7,9H,3,8H2,1-2H3,(H,14,15). The van der Waals surface area contributed by atoms with Gasteiger partial charge in [0.15, 0.2) is 0 Å². The monoisotopic (exact) mass is 512 g/mol. The third kappa shape index (κ3) is 9.29. The molecule has 5 heteroatoms. The van der Waals surface area contributed by atoms with Crippen molar-refractivity contribution < 1.29 is 4.74 Å². The zero-order valence-corrected chi connectivity index (χ0v) is 23.0. The second-order valence-electron chi connectivity index (χ2n) is 9.14. The molecule has 0 aliphatic rings. The minimum atomic E-state index is 0.320. The van der Waals surface area contributed by atoms with E-state index in [0.29, 0.717) is 6.71 Å². The molecule has 0 amide bonds. The van der Waals surface area contributed by atoms with Crippen LogP contribution in [0.25, 0.3) is 0 Å². The van der Waals surface area contributed by atoms with Gasteiger partial charge < -0.3 is 9.72 Å². The molecule has 4 aromatic rings. The molecule has 0 radical (unpaired) electrons. The van der Waals surface area contributed by atoms with Gasteiger partial charge in [-0.3, -0.25) is 0 Å². The van der Waals surface area contributed by atoms with Crippen LogP contribution in [0.5, 0.6) is 5.75 Å². The highest BCUT2D eigenvalue weighted by Gasteiger charge is 2.17. The number of halogens is 1.